The van der Waals surface area contributed by atoms with Crippen molar-refractivity contribution in [1.29, 1.82) is 0 Å². The summed E-state index contributed by atoms with van der Waals surface area (Å²) >= 11 is 0. The van der Waals surface area contributed by atoms with E-state index in [4.69, 9.17) is 0 Å². The zero-order valence-corrected chi connectivity index (χ0v) is 14.0. The maximum Gasteiger partial charge on any atom is 0.220 e. The van der Waals surface area contributed by atoms with Gasteiger partial charge in [-0.15, -0.1) is 0 Å². The van der Waals surface area contributed by atoms with E-state index in [-0.39, 0.29) is 31.1 Å². The van der Waals surface area contributed by atoms with Crippen LogP contribution in [0.15, 0.2) is 18.2 Å². The lowest BCUT2D eigenvalue weighted by atomic mass is 9.99. The molecule has 0 aromatic heterocycles. The van der Waals surface area contributed by atoms with Gasteiger partial charge < -0.3 is 10.4 Å². The highest BCUT2D eigenvalue weighted by Gasteiger charge is 2.13. The van der Waals surface area contributed by atoms with E-state index in [0.29, 0.717) is 17.9 Å². The number of benzene rings is 1. The van der Waals surface area contributed by atoms with Crippen LogP contribution in [0.3, 0.4) is 0 Å². The molecule has 0 saturated carbocycles. The topological polar surface area (TPSA) is 66.4 Å². The van der Waals surface area contributed by atoms with Crippen molar-refractivity contribution in [2.75, 3.05) is 6.54 Å². The summed E-state index contributed by atoms with van der Waals surface area (Å²) in [7, 11) is 0. The first kappa shape index (κ1) is 18.4. The molecule has 4 nitrogen and oxygen atoms in total. The highest BCUT2D eigenvalue weighted by molar-refractivity contribution is 5.99. The fraction of sp³-hybridized carbons (Fsp3) is 0.556. The molecule has 0 spiro atoms. The molecule has 2 N–H and O–H groups in total. The van der Waals surface area contributed by atoms with Gasteiger partial charge in [-0.1, -0.05) is 31.5 Å². The number of aliphatic hydroxyl groups excluding tert-OH is 1. The van der Waals surface area contributed by atoms with Crippen molar-refractivity contribution in [3.05, 3.63) is 34.9 Å². The van der Waals surface area contributed by atoms with E-state index in [1.165, 1.54) is 0 Å². The van der Waals surface area contributed by atoms with Crippen molar-refractivity contribution in [1.82, 2.24) is 5.32 Å². The third-order valence-corrected chi connectivity index (χ3v) is 3.55. The molecule has 0 aliphatic carbocycles. The number of ketones is 1. The van der Waals surface area contributed by atoms with Crippen molar-refractivity contribution in [3.63, 3.8) is 0 Å². The number of rotatable bonds is 8. The van der Waals surface area contributed by atoms with Gasteiger partial charge >= 0.3 is 0 Å². The molecule has 1 amide bonds. The molecule has 0 saturated heterocycles. The van der Waals surface area contributed by atoms with Crippen LogP contribution in [-0.4, -0.2) is 29.4 Å². The first-order valence-electron chi connectivity index (χ1n) is 7.84. The molecule has 1 unspecified atom stereocenters. The molecule has 1 aromatic carbocycles. The number of hydrogen-bond donors (Lipinski definition) is 2. The summed E-state index contributed by atoms with van der Waals surface area (Å²) in [6, 6.07) is 5.75. The summed E-state index contributed by atoms with van der Waals surface area (Å²) in [4.78, 5) is 23.9. The normalized spacial score (nSPS) is 12.3. The second-order valence-electron chi connectivity index (χ2n) is 6.33. The van der Waals surface area contributed by atoms with Crippen LogP contribution in [-0.2, 0) is 4.79 Å². The Morgan fingerprint density at radius 1 is 1.18 bits per heavy atom. The number of hydrogen-bond acceptors (Lipinski definition) is 3. The number of carbonyl (C=O) groups excluding carboxylic acids is 2. The van der Waals surface area contributed by atoms with E-state index in [2.05, 4.69) is 5.32 Å². The van der Waals surface area contributed by atoms with E-state index >= 15 is 0 Å². The Morgan fingerprint density at radius 2 is 1.86 bits per heavy atom. The zero-order valence-electron chi connectivity index (χ0n) is 14.0. The molecular formula is C18H27NO3. The Morgan fingerprint density at radius 3 is 2.50 bits per heavy atom. The standard InChI is InChI=1S/C18H27NO3/c1-12(2)9-15(20)11-19-18(22)8-7-17(21)16-10-13(3)5-6-14(16)4/h5-6,10,12,15,20H,7-9,11H2,1-4H3,(H,19,22). The van der Waals surface area contributed by atoms with Crippen LogP contribution in [0, 0.1) is 19.8 Å². The molecule has 0 aliphatic rings. The molecule has 1 atom stereocenters. The molecule has 0 radical (unpaired) electrons. The van der Waals surface area contributed by atoms with Crippen LogP contribution >= 0.6 is 0 Å². The molecule has 1 rings (SSSR count). The first-order valence-corrected chi connectivity index (χ1v) is 7.84. The van der Waals surface area contributed by atoms with Gasteiger partial charge in [-0.25, -0.2) is 0 Å². The lowest BCUT2D eigenvalue weighted by Gasteiger charge is -2.13. The second-order valence-corrected chi connectivity index (χ2v) is 6.33. The summed E-state index contributed by atoms with van der Waals surface area (Å²) in [6.45, 7) is 8.13. The minimum absolute atomic E-state index is 0.0147. The molecule has 22 heavy (non-hydrogen) atoms. The summed E-state index contributed by atoms with van der Waals surface area (Å²) in [6.07, 6.45) is 0.470. The van der Waals surface area contributed by atoms with Gasteiger partial charge in [-0.05, 0) is 37.8 Å². The molecule has 122 valence electrons. The van der Waals surface area contributed by atoms with Gasteiger partial charge in [-0.3, -0.25) is 9.59 Å². The average molecular weight is 305 g/mol. The zero-order chi connectivity index (χ0) is 16.7. The number of carbonyl (C=O) groups is 2. The fourth-order valence-corrected chi connectivity index (χ4v) is 2.35. The molecule has 0 bridgehead atoms. The molecule has 1 aromatic rings. The first-order chi connectivity index (χ1) is 10.3. The van der Waals surface area contributed by atoms with E-state index in [0.717, 1.165) is 11.1 Å². The quantitative estimate of drug-likeness (QED) is 0.726. The summed E-state index contributed by atoms with van der Waals surface area (Å²) < 4.78 is 0. The van der Waals surface area contributed by atoms with E-state index in [9.17, 15) is 14.7 Å². The average Bonchev–Trinajstić information content (AvgIpc) is 2.44. The van der Waals surface area contributed by atoms with Crippen molar-refractivity contribution >= 4 is 11.7 Å². The predicted octanol–water partition coefficient (Wildman–Crippen LogP) is 2.79. The molecule has 0 heterocycles. The van der Waals surface area contributed by atoms with Crippen molar-refractivity contribution in [2.24, 2.45) is 5.92 Å². The van der Waals surface area contributed by atoms with Gasteiger partial charge in [0.1, 0.15) is 0 Å². The number of nitrogens with one attached hydrogen (secondary N) is 1. The third kappa shape index (κ3) is 6.39. The maximum atomic E-state index is 12.2. The van der Waals surface area contributed by atoms with Crippen LogP contribution in [0.5, 0.6) is 0 Å². The molecule has 4 heteroatoms. The lowest BCUT2D eigenvalue weighted by molar-refractivity contribution is -0.121. The molecular weight excluding hydrogens is 278 g/mol. The fourth-order valence-electron chi connectivity index (χ4n) is 2.35. The van der Waals surface area contributed by atoms with E-state index in [1.54, 1.807) is 0 Å². The number of amides is 1. The largest absolute Gasteiger partial charge is 0.391 e. The van der Waals surface area contributed by atoms with Gasteiger partial charge in [0.15, 0.2) is 5.78 Å². The van der Waals surface area contributed by atoms with Crippen molar-refractivity contribution < 1.29 is 14.7 Å². The highest BCUT2D eigenvalue weighted by Crippen LogP contribution is 2.13. The Bertz CT molecular complexity index is 523. The monoisotopic (exact) mass is 305 g/mol. The predicted molar refractivity (Wildman–Crippen MR) is 88.0 cm³/mol. The molecule has 0 aliphatic heterocycles. The van der Waals surface area contributed by atoms with Crippen LogP contribution in [0.1, 0.15) is 54.6 Å². The lowest BCUT2D eigenvalue weighted by Crippen LogP contribution is -2.32. The van der Waals surface area contributed by atoms with Gasteiger partial charge in [-0.2, -0.15) is 0 Å². The summed E-state index contributed by atoms with van der Waals surface area (Å²) in [5.74, 6) is 0.179. The maximum absolute atomic E-state index is 12.2. The van der Waals surface area contributed by atoms with E-state index in [1.807, 2.05) is 45.9 Å². The Labute approximate surface area is 132 Å². The van der Waals surface area contributed by atoms with Crippen LogP contribution in [0.2, 0.25) is 0 Å². The van der Waals surface area contributed by atoms with Crippen LogP contribution < -0.4 is 5.32 Å². The van der Waals surface area contributed by atoms with Gasteiger partial charge in [0.2, 0.25) is 5.91 Å². The highest BCUT2D eigenvalue weighted by atomic mass is 16.3. The number of aryl methyl sites for hydroxylation is 2. The SMILES string of the molecule is Cc1ccc(C)c(C(=O)CCC(=O)NCC(O)CC(C)C)c1. The summed E-state index contributed by atoms with van der Waals surface area (Å²) in [5.41, 5.74) is 2.66. The minimum atomic E-state index is -0.529. The Hall–Kier alpha value is -1.68. The Balaban J connectivity index is 2.40. The second kappa shape index (κ2) is 8.69. The summed E-state index contributed by atoms with van der Waals surface area (Å²) in [5, 5.41) is 12.4. The Kier molecular flexibility index (Phi) is 7.25. The number of aliphatic hydroxyl groups is 1. The third-order valence-electron chi connectivity index (χ3n) is 3.55. The smallest absolute Gasteiger partial charge is 0.220 e. The van der Waals surface area contributed by atoms with Crippen LogP contribution in [0.4, 0.5) is 0 Å². The van der Waals surface area contributed by atoms with Gasteiger partial charge in [0.25, 0.3) is 0 Å². The van der Waals surface area contributed by atoms with Gasteiger partial charge in [0, 0.05) is 24.9 Å². The minimum Gasteiger partial charge on any atom is -0.391 e. The van der Waals surface area contributed by atoms with Crippen LogP contribution in [0.25, 0.3) is 0 Å². The van der Waals surface area contributed by atoms with Crippen molar-refractivity contribution in [3.8, 4) is 0 Å². The molecule has 0 fully saturated rings. The van der Waals surface area contributed by atoms with Crippen molar-refractivity contribution in [2.45, 2.75) is 53.1 Å². The van der Waals surface area contributed by atoms with Gasteiger partial charge in [0.05, 0.1) is 6.10 Å². The number of Topliss-reactive ketones (excluding diaryl/α,β-unsaturated/α-hetero) is 1. The van der Waals surface area contributed by atoms with E-state index < -0.39 is 6.10 Å².